The van der Waals surface area contributed by atoms with E-state index in [1.165, 1.54) is 5.01 Å². The molecule has 0 spiro atoms. The lowest BCUT2D eigenvalue weighted by Gasteiger charge is -2.31. The summed E-state index contributed by atoms with van der Waals surface area (Å²) in [5.41, 5.74) is 0. The van der Waals surface area contributed by atoms with Gasteiger partial charge in [-0.1, -0.05) is 27.7 Å². The summed E-state index contributed by atoms with van der Waals surface area (Å²) < 4.78 is 0. The molecular weight excluding hydrogens is 200 g/mol. The maximum atomic E-state index is 5.91. The van der Waals surface area contributed by atoms with Gasteiger partial charge in [-0.05, 0) is 17.5 Å². The lowest BCUT2D eigenvalue weighted by molar-refractivity contribution is 0.261. The lowest BCUT2D eigenvalue weighted by atomic mass is 10.1. The lowest BCUT2D eigenvalue weighted by Crippen LogP contribution is -2.48. The Kier molecular flexibility index (Phi) is 3.50. The molecule has 1 atom stereocenters. The Hall–Kier alpha value is -0.610. The third-order valence-corrected chi connectivity index (χ3v) is 2.36. The zero-order valence-corrected chi connectivity index (χ0v) is 9.78. The van der Waals surface area contributed by atoms with Crippen LogP contribution < -0.4 is 5.84 Å². The molecule has 0 aromatic carbocycles. The highest BCUT2D eigenvalue weighted by molar-refractivity contribution is 6.65. The van der Waals surface area contributed by atoms with E-state index in [0.29, 0.717) is 11.2 Å². The van der Waals surface area contributed by atoms with Crippen molar-refractivity contribution >= 4 is 22.7 Å². The van der Waals surface area contributed by atoms with Crippen molar-refractivity contribution < 1.29 is 0 Å². The van der Waals surface area contributed by atoms with Crippen LogP contribution in [0.15, 0.2) is 9.98 Å². The van der Waals surface area contributed by atoms with Gasteiger partial charge in [-0.2, -0.15) is 0 Å². The predicted octanol–water partition coefficient (Wildman–Crippen LogP) is 1.81. The minimum atomic E-state index is -0.0996. The Morgan fingerprint density at radius 1 is 1.36 bits per heavy atom. The Morgan fingerprint density at radius 2 is 1.93 bits per heavy atom. The molecular formula is C9H17ClN4. The van der Waals surface area contributed by atoms with Crippen molar-refractivity contribution in [3.8, 4) is 0 Å². The number of aliphatic imine (C=N–C) groups is 2. The first-order valence-corrected chi connectivity index (χ1v) is 5.17. The van der Waals surface area contributed by atoms with Crippen molar-refractivity contribution in [2.45, 2.75) is 33.9 Å². The molecule has 1 heterocycles. The number of hydrogen-bond donors (Lipinski definition) is 1. The Bertz CT molecular complexity index is 270. The third kappa shape index (κ3) is 2.25. The highest BCUT2D eigenvalue weighted by atomic mass is 35.5. The van der Waals surface area contributed by atoms with E-state index in [2.05, 4.69) is 23.8 Å². The number of rotatable bonds is 2. The van der Waals surface area contributed by atoms with E-state index in [0.717, 1.165) is 5.84 Å². The molecule has 0 amide bonds. The summed E-state index contributed by atoms with van der Waals surface area (Å²) in [5.74, 6) is 7.12. The summed E-state index contributed by atoms with van der Waals surface area (Å²) in [6.45, 7) is 8.19. The van der Waals surface area contributed by atoms with Crippen LogP contribution in [0.1, 0.15) is 27.7 Å². The fraction of sp³-hybridized carbons (Fsp3) is 0.778. The molecule has 0 bridgehead atoms. The van der Waals surface area contributed by atoms with Crippen molar-refractivity contribution in [2.75, 3.05) is 0 Å². The molecule has 1 rings (SSSR count). The van der Waals surface area contributed by atoms with E-state index in [1.54, 1.807) is 0 Å². The van der Waals surface area contributed by atoms with Gasteiger partial charge in [0.2, 0.25) is 5.29 Å². The van der Waals surface area contributed by atoms with Crippen LogP contribution in [0.25, 0.3) is 0 Å². The quantitative estimate of drug-likeness (QED) is 0.566. The highest BCUT2D eigenvalue weighted by Crippen LogP contribution is 2.18. The second kappa shape index (κ2) is 4.28. The normalized spacial score (nSPS) is 22.9. The van der Waals surface area contributed by atoms with Crippen LogP contribution in [0.5, 0.6) is 0 Å². The number of nitrogens with two attached hydrogens (primary N) is 1. The molecule has 0 saturated heterocycles. The van der Waals surface area contributed by atoms with E-state index < -0.39 is 0 Å². The summed E-state index contributed by atoms with van der Waals surface area (Å²) in [6, 6.07) is 0. The number of nitrogens with zero attached hydrogens (tertiary/aromatic N) is 3. The number of halogens is 1. The molecule has 0 radical (unpaired) electrons. The standard InChI is InChI=1S/C9H17ClN4/c1-5(2)7-12-8(6(3)4)14(11)9(10)13-7/h5-6,8H,11H2,1-4H3. The second-order valence-electron chi connectivity index (χ2n) is 4.09. The average Bonchev–Trinajstić information content (AvgIpc) is 2.08. The molecule has 1 aliphatic heterocycles. The first-order chi connectivity index (χ1) is 6.43. The molecule has 0 saturated carbocycles. The molecule has 0 fully saturated rings. The van der Waals surface area contributed by atoms with Crippen molar-refractivity contribution in [2.24, 2.45) is 27.7 Å². The van der Waals surface area contributed by atoms with Gasteiger partial charge >= 0.3 is 0 Å². The summed E-state index contributed by atoms with van der Waals surface area (Å²) in [5, 5.41) is 1.74. The van der Waals surface area contributed by atoms with Gasteiger partial charge in [0.05, 0.1) is 0 Å². The molecule has 0 aromatic heterocycles. The van der Waals surface area contributed by atoms with Gasteiger partial charge in [0, 0.05) is 5.92 Å². The molecule has 0 aromatic rings. The minimum absolute atomic E-state index is 0.0996. The largest absolute Gasteiger partial charge is 0.260 e. The van der Waals surface area contributed by atoms with E-state index >= 15 is 0 Å². The van der Waals surface area contributed by atoms with E-state index in [9.17, 15) is 0 Å². The van der Waals surface area contributed by atoms with Crippen LogP contribution in [0.4, 0.5) is 0 Å². The molecule has 80 valence electrons. The van der Waals surface area contributed by atoms with Crippen LogP contribution >= 0.6 is 11.6 Å². The van der Waals surface area contributed by atoms with Crippen LogP contribution in [0.2, 0.25) is 0 Å². The predicted molar refractivity (Wildman–Crippen MR) is 60.2 cm³/mol. The van der Waals surface area contributed by atoms with Gasteiger partial charge in [0.25, 0.3) is 0 Å². The maximum Gasteiger partial charge on any atom is 0.216 e. The Labute approximate surface area is 89.8 Å². The van der Waals surface area contributed by atoms with E-state index in [1.807, 2.05) is 13.8 Å². The molecule has 0 aliphatic carbocycles. The SMILES string of the molecule is CC(C)C1=NC(C(C)C)N(N)C(Cl)=N1. The van der Waals surface area contributed by atoms with Crippen LogP contribution in [-0.2, 0) is 0 Å². The van der Waals surface area contributed by atoms with Gasteiger partial charge in [-0.25, -0.2) is 15.8 Å². The first kappa shape index (κ1) is 11.5. The van der Waals surface area contributed by atoms with Gasteiger partial charge in [-0.3, -0.25) is 5.01 Å². The number of hydrogen-bond acceptors (Lipinski definition) is 4. The molecule has 5 heteroatoms. The van der Waals surface area contributed by atoms with Crippen LogP contribution in [-0.4, -0.2) is 22.3 Å². The van der Waals surface area contributed by atoms with Crippen molar-refractivity contribution in [3.63, 3.8) is 0 Å². The van der Waals surface area contributed by atoms with Crippen molar-refractivity contribution in [3.05, 3.63) is 0 Å². The summed E-state index contributed by atoms with van der Waals surface area (Å²) in [6.07, 6.45) is -0.0996. The minimum Gasteiger partial charge on any atom is -0.260 e. The monoisotopic (exact) mass is 216 g/mol. The van der Waals surface area contributed by atoms with Crippen molar-refractivity contribution in [1.29, 1.82) is 0 Å². The molecule has 1 unspecified atom stereocenters. The van der Waals surface area contributed by atoms with E-state index in [4.69, 9.17) is 17.4 Å². The highest BCUT2D eigenvalue weighted by Gasteiger charge is 2.26. The first-order valence-electron chi connectivity index (χ1n) is 4.79. The molecule has 2 N–H and O–H groups in total. The van der Waals surface area contributed by atoms with Crippen molar-refractivity contribution in [1.82, 2.24) is 5.01 Å². The zero-order valence-electron chi connectivity index (χ0n) is 9.03. The maximum absolute atomic E-state index is 5.91. The third-order valence-electron chi connectivity index (χ3n) is 2.08. The summed E-state index contributed by atoms with van der Waals surface area (Å²) in [7, 11) is 0. The van der Waals surface area contributed by atoms with Crippen LogP contribution in [0, 0.1) is 11.8 Å². The van der Waals surface area contributed by atoms with Gasteiger partial charge in [-0.15, -0.1) is 0 Å². The summed E-state index contributed by atoms with van der Waals surface area (Å²) in [4.78, 5) is 8.59. The smallest absolute Gasteiger partial charge is 0.216 e. The zero-order chi connectivity index (χ0) is 10.9. The van der Waals surface area contributed by atoms with Gasteiger partial charge in [0.1, 0.15) is 12.0 Å². The molecule has 14 heavy (non-hydrogen) atoms. The number of amidine groups is 2. The molecule has 4 nitrogen and oxygen atoms in total. The van der Waals surface area contributed by atoms with Gasteiger partial charge in [0.15, 0.2) is 0 Å². The fourth-order valence-corrected chi connectivity index (χ4v) is 1.42. The van der Waals surface area contributed by atoms with Crippen LogP contribution in [0.3, 0.4) is 0 Å². The summed E-state index contributed by atoms with van der Waals surface area (Å²) >= 11 is 5.91. The average molecular weight is 217 g/mol. The van der Waals surface area contributed by atoms with E-state index in [-0.39, 0.29) is 12.1 Å². The fourth-order valence-electron chi connectivity index (χ4n) is 1.24. The topological polar surface area (TPSA) is 54.0 Å². The second-order valence-corrected chi connectivity index (χ2v) is 4.43. The van der Waals surface area contributed by atoms with Gasteiger partial charge < -0.3 is 0 Å². The number of hydrazine groups is 1. The Balaban J connectivity index is 2.95. The Morgan fingerprint density at radius 3 is 2.36 bits per heavy atom. The molecule has 1 aliphatic rings.